The molecule has 0 N–H and O–H groups in total. The van der Waals surface area contributed by atoms with Crippen LogP contribution in [-0.2, 0) is 18.0 Å². The molecule has 0 spiro atoms. The zero-order valence-electron chi connectivity index (χ0n) is 15.7. The molecule has 0 aliphatic carbocycles. The standard InChI is InChI=1S/C22H18N2O4S/c1-15-14-29-22-23-18(11-20(25)24(15)22)13-28-21(26)17-8-5-9-19(10-17)27-12-16-6-3-2-4-7-16/h2-11,14H,12-13H2,1H3. The third-order valence-corrected chi connectivity index (χ3v) is 5.24. The van der Waals surface area contributed by atoms with Crippen LogP contribution >= 0.6 is 11.3 Å². The van der Waals surface area contributed by atoms with Crippen LogP contribution in [-0.4, -0.2) is 15.4 Å². The Hall–Kier alpha value is -3.45. The molecular weight excluding hydrogens is 388 g/mol. The molecule has 4 aromatic rings. The van der Waals surface area contributed by atoms with Crippen LogP contribution in [0.25, 0.3) is 4.96 Å². The summed E-state index contributed by atoms with van der Waals surface area (Å²) in [6.07, 6.45) is 0. The minimum atomic E-state index is -0.500. The molecular formula is C22H18N2O4S. The summed E-state index contributed by atoms with van der Waals surface area (Å²) < 4.78 is 12.6. The van der Waals surface area contributed by atoms with E-state index in [1.165, 1.54) is 21.8 Å². The summed E-state index contributed by atoms with van der Waals surface area (Å²) >= 11 is 1.37. The fraction of sp³-hybridized carbons (Fsp3) is 0.136. The number of hydrogen-bond donors (Lipinski definition) is 0. The molecule has 2 heterocycles. The molecule has 6 nitrogen and oxygen atoms in total. The van der Waals surface area contributed by atoms with Crippen molar-refractivity contribution >= 4 is 22.3 Å². The molecule has 0 saturated heterocycles. The molecule has 0 aliphatic rings. The topological polar surface area (TPSA) is 69.9 Å². The number of esters is 1. The lowest BCUT2D eigenvalue weighted by Crippen LogP contribution is -2.16. The fourth-order valence-corrected chi connectivity index (χ4v) is 3.74. The Kier molecular flexibility index (Phi) is 5.39. The van der Waals surface area contributed by atoms with Gasteiger partial charge in [0, 0.05) is 17.1 Å². The number of fused-ring (bicyclic) bond motifs is 1. The molecule has 0 aliphatic heterocycles. The van der Waals surface area contributed by atoms with Gasteiger partial charge >= 0.3 is 5.97 Å². The van der Waals surface area contributed by atoms with E-state index in [1.807, 2.05) is 42.6 Å². The quantitative estimate of drug-likeness (QED) is 0.453. The van der Waals surface area contributed by atoms with E-state index in [9.17, 15) is 9.59 Å². The Morgan fingerprint density at radius 1 is 1.07 bits per heavy atom. The second-order valence-electron chi connectivity index (χ2n) is 6.46. The van der Waals surface area contributed by atoms with Gasteiger partial charge in [-0.2, -0.15) is 0 Å². The highest BCUT2D eigenvalue weighted by Crippen LogP contribution is 2.17. The number of carbonyl (C=O) groups excluding carboxylic acids is 1. The second kappa shape index (κ2) is 8.28. The molecule has 0 radical (unpaired) electrons. The lowest BCUT2D eigenvalue weighted by atomic mass is 10.2. The third-order valence-electron chi connectivity index (χ3n) is 4.30. The van der Waals surface area contributed by atoms with Crippen LogP contribution in [0.4, 0.5) is 0 Å². The van der Waals surface area contributed by atoms with Gasteiger partial charge < -0.3 is 9.47 Å². The van der Waals surface area contributed by atoms with Crippen molar-refractivity contribution in [3.63, 3.8) is 0 Å². The first-order valence-corrected chi connectivity index (χ1v) is 9.89. The summed E-state index contributed by atoms with van der Waals surface area (Å²) in [5, 5.41) is 1.86. The van der Waals surface area contributed by atoms with E-state index in [0.29, 0.717) is 28.6 Å². The normalized spacial score (nSPS) is 10.8. The van der Waals surface area contributed by atoms with Gasteiger partial charge in [-0.15, -0.1) is 11.3 Å². The van der Waals surface area contributed by atoms with Crippen molar-refractivity contribution in [2.24, 2.45) is 0 Å². The number of carbonyl (C=O) groups is 1. The van der Waals surface area contributed by atoms with E-state index in [0.717, 1.165) is 11.3 Å². The predicted octanol–water partition coefficient (Wildman–Crippen LogP) is 4.00. The second-order valence-corrected chi connectivity index (χ2v) is 7.30. The summed E-state index contributed by atoms with van der Waals surface area (Å²) in [4.78, 5) is 29.6. The number of hydrogen-bond acceptors (Lipinski definition) is 6. The van der Waals surface area contributed by atoms with Crippen LogP contribution in [0.3, 0.4) is 0 Å². The predicted molar refractivity (Wildman–Crippen MR) is 110 cm³/mol. The van der Waals surface area contributed by atoms with E-state index >= 15 is 0 Å². The maximum Gasteiger partial charge on any atom is 0.338 e. The molecule has 146 valence electrons. The Labute approximate surface area is 171 Å². The van der Waals surface area contributed by atoms with Crippen molar-refractivity contribution in [2.75, 3.05) is 0 Å². The lowest BCUT2D eigenvalue weighted by Gasteiger charge is -2.08. The van der Waals surface area contributed by atoms with E-state index in [-0.39, 0.29) is 12.2 Å². The SMILES string of the molecule is Cc1csc2nc(COC(=O)c3cccc(OCc4ccccc4)c3)cc(=O)n12. The van der Waals surface area contributed by atoms with Gasteiger partial charge in [-0.05, 0) is 30.7 Å². The monoisotopic (exact) mass is 406 g/mol. The van der Waals surface area contributed by atoms with Crippen molar-refractivity contribution in [2.45, 2.75) is 20.1 Å². The minimum absolute atomic E-state index is 0.0728. The van der Waals surface area contributed by atoms with Crippen molar-refractivity contribution in [3.05, 3.63) is 98.9 Å². The highest BCUT2D eigenvalue weighted by Gasteiger charge is 2.11. The van der Waals surface area contributed by atoms with Crippen molar-refractivity contribution in [1.29, 1.82) is 0 Å². The lowest BCUT2D eigenvalue weighted by molar-refractivity contribution is 0.0467. The van der Waals surface area contributed by atoms with Gasteiger partial charge in [0.05, 0.1) is 11.3 Å². The number of nitrogens with zero attached hydrogens (tertiary/aromatic N) is 2. The molecule has 0 saturated carbocycles. The van der Waals surface area contributed by atoms with Gasteiger partial charge in [-0.3, -0.25) is 9.20 Å². The molecule has 0 bridgehead atoms. The maximum absolute atomic E-state index is 12.4. The van der Waals surface area contributed by atoms with Crippen molar-refractivity contribution in [1.82, 2.24) is 9.38 Å². The first kappa shape index (κ1) is 18.9. The number of ether oxygens (including phenoxy) is 2. The summed E-state index contributed by atoms with van der Waals surface area (Å²) in [5.74, 6) is 0.0784. The molecule has 29 heavy (non-hydrogen) atoms. The zero-order chi connectivity index (χ0) is 20.2. The largest absolute Gasteiger partial charge is 0.489 e. The smallest absolute Gasteiger partial charge is 0.338 e. The first-order chi connectivity index (χ1) is 14.1. The van der Waals surface area contributed by atoms with E-state index in [4.69, 9.17) is 9.47 Å². The summed E-state index contributed by atoms with van der Waals surface area (Å²) in [6.45, 7) is 2.18. The molecule has 0 fully saturated rings. The Bertz CT molecular complexity index is 1210. The summed E-state index contributed by atoms with van der Waals surface area (Å²) in [7, 11) is 0. The van der Waals surface area contributed by atoms with Gasteiger partial charge in [-0.25, -0.2) is 9.78 Å². The van der Waals surface area contributed by atoms with Crippen molar-refractivity contribution < 1.29 is 14.3 Å². The molecule has 2 aromatic carbocycles. The Morgan fingerprint density at radius 3 is 2.72 bits per heavy atom. The zero-order valence-corrected chi connectivity index (χ0v) is 16.5. The van der Waals surface area contributed by atoms with Crippen LogP contribution < -0.4 is 10.3 Å². The van der Waals surface area contributed by atoms with E-state index < -0.39 is 5.97 Å². The average molecular weight is 406 g/mol. The van der Waals surface area contributed by atoms with E-state index in [2.05, 4.69) is 4.98 Å². The van der Waals surface area contributed by atoms with Crippen LogP contribution in [0, 0.1) is 6.92 Å². The first-order valence-electron chi connectivity index (χ1n) is 9.01. The van der Waals surface area contributed by atoms with Crippen LogP contribution in [0.15, 0.2) is 70.8 Å². The number of aromatic nitrogens is 2. The fourth-order valence-electron chi connectivity index (χ4n) is 2.85. The molecule has 0 atom stereocenters. The number of thiazole rings is 1. The molecule has 7 heteroatoms. The van der Waals surface area contributed by atoms with Gasteiger partial charge in [0.2, 0.25) is 0 Å². The highest BCUT2D eigenvalue weighted by molar-refractivity contribution is 7.15. The summed E-state index contributed by atoms with van der Waals surface area (Å²) in [5.41, 5.74) is 2.48. The Morgan fingerprint density at radius 2 is 1.90 bits per heavy atom. The molecule has 4 rings (SSSR count). The molecule has 0 amide bonds. The van der Waals surface area contributed by atoms with Gasteiger partial charge in [0.25, 0.3) is 5.56 Å². The van der Waals surface area contributed by atoms with Crippen LogP contribution in [0.1, 0.15) is 27.3 Å². The van der Waals surface area contributed by atoms with Gasteiger partial charge in [-0.1, -0.05) is 36.4 Å². The minimum Gasteiger partial charge on any atom is -0.489 e. The third kappa shape index (κ3) is 4.35. The number of benzene rings is 2. The number of rotatable bonds is 6. The van der Waals surface area contributed by atoms with Crippen molar-refractivity contribution in [3.8, 4) is 5.75 Å². The molecule has 0 unspecified atom stereocenters. The highest BCUT2D eigenvalue weighted by atomic mass is 32.1. The average Bonchev–Trinajstić information content (AvgIpc) is 3.12. The summed E-state index contributed by atoms with van der Waals surface area (Å²) in [6, 6.07) is 18.0. The maximum atomic E-state index is 12.4. The number of aryl methyl sites for hydroxylation is 1. The van der Waals surface area contributed by atoms with Gasteiger partial charge in [0.1, 0.15) is 19.0 Å². The molecule has 2 aromatic heterocycles. The van der Waals surface area contributed by atoms with Gasteiger partial charge in [0.15, 0.2) is 4.96 Å². The van der Waals surface area contributed by atoms with Crippen LogP contribution in [0.2, 0.25) is 0 Å². The van der Waals surface area contributed by atoms with Crippen LogP contribution in [0.5, 0.6) is 5.75 Å². The van der Waals surface area contributed by atoms with E-state index in [1.54, 1.807) is 24.3 Å². The Balaban J connectivity index is 1.41.